The van der Waals surface area contributed by atoms with E-state index in [0.29, 0.717) is 16.5 Å². The lowest BCUT2D eigenvalue weighted by molar-refractivity contribution is -0.137. The summed E-state index contributed by atoms with van der Waals surface area (Å²) in [6.45, 7) is 1.01. The summed E-state index contributed by atoms with van der Waals surface area (Å²) in [4.78, 5) is 127. The van der Waals surface area contributed by atoms with Crippen LogP contribution in [0.5, 0.6) is 0 Å². The summed E-state index contributed by atoms with van der Waals surface area (Å²) >= 11 is 0. The number of hydrogen-bond acceptors (Lipinski definition) is 12. The molecule has 26 nitrogen and oxygen atoms in total. The molecule has 4 rings (SSSR count). The monoisotopic (exact) mass is 1100 g/mol. The van der Waals surface area contributed by atoms with Crippen molar-refractivity contribution in [1.82, 2.24) is 58.2 Å². The van der Waals surface area contributed by atoms with Gasteiger partial charge in [-0.1, -0.05) is 30.3 Å². The van der Waals surface area contributed by atoms with E-state index in [1.165, 1.54) is 0 Å². The number of carbonyl (C=O) groups is 9. The van der Waals surface area contributed by atoms with E-state index < -0.39 is 126 Å². The third kappa shape index (κ3) is 20.6. The number of aromatic amines is 1. The summed E-state index contributed by atoms with van der Waals surface area (Å²) in [5, 5.41) is 41.4. The molecule has 1 aliphatic heterocycles. The molecule has 0 saturated carbocycles. The smallest absolute Gasteiger partial charge is 0.370 e. The molecule has 1 saturated heterocycles. The molecule has 1 aromatic heterocycles. The molecule has 21 N–H and O–H groups in total. The number of halogens is 3. The molecule has 0 spiro atoms. The maximum absolute atomic E-state index is 14.6. The Labute approximate surface area is 446 Å². The highest BCUT2D eigenvalue weighted by Gasteiger charge is 2.35. The van der Waals surface area contributed by atoms with Crippen molar-refractivity contribution in [2.75, 3.05) is 26.2 Å². The first kappa shape index (κ1) is 62.0. The first-order valence-corrected chi connectivity index (χ1v) is 25.2. The number of primary amides is 1. The number of carbonyl (C=O) groups excluding carboxylic acids is 9. The molecule has 0 radical (unpaired) electrons. The van der Waals surface area contributed by atoms with Gasteiger partial charge in [-0.05, 0) is 87.2 Å². The Bertz CT molecular complexity index is 2620. The van der Waals surface area contributed by atoms with Crippen LogP contribution in [0.15, 0.2) is 54.7 Å². The standard InChI is InChI=1S/C49H70F3N17O9/c1-26(70)63-33(10-5-21-60-47(55)56)41(73)66-35-16-17-39(71)59-20-4-9-32(40(54)72)64-46(78)38(24-28-25-62-31-8-3-2-7-30(28)31)69-42(74)34(11-6-22-61-48(57)58)65-45(77)37(68-44(76)36(18-19-53)67-43(35)75)23-27-12-14-29(15-13-27)49(50,51)52/h2-3,7-8,12-15,25,32-38,62H,4-6,9-11,16-24,53H2,1H3,(H2,54,72)(H,59,71)(H,63,70)(H,64,78)(H,65,77)(H,66,73)(H,67,75)(H,68,76)(H,69,74)(H4,55,56,60)(H4,57,58,61)/t32-,33-,34-,35-,36-,37+,38-/m0/s1. The number of aromatic nitrogens is 1. The Hall–Kier alpha value is -8.50. The Kier molecular flexibility index (Phi) is 24.1. The third-order valence-corrected chi connectivity index (χ3v) is 12.4. The number of nitrogens with two attached hydrogens (primary N) is 4. The van der Waals surface area contributed by atoms with Gasteiger partial charge in [-0.3, -0.25) is 54.0 Å². The lowest BCUT2D eigenvalue weighted by Crippen LogP contribution is -2.60. The maximum Gasteiger partial charge on any atom is 0.416 e. The van der Waals surface area contributed by atoms with E-state index in [0.717, 1.165) is 31.2 Å². The number of guanidine groups is 2. The minimum atomic E-state index is -4.73. The number of nitrogens with one attached hydrogen (secondary N) is 13. The molecule has 0 unspecified atom stereocenters. The fourth-order valence-electron chi connectivity index (χ4n) is 8.37. The average molecular weight is 1100 g/mol. The second-order valence-corrected chi connectivity index (χ2v) is 18.6. The van der Waals surface area contributed by atoms with Crippen molar-refractivity contribution in [1.29, 1.82) is 10.8 Å². The molecular formula is C49H70F3N17O9. The van der Waals surface area contributed by atoms with E-state index >= 15 is 0 Å². The van der Waals surface area contributed by atoms with Crippen LogP contribution < -0.4 is 76.1 Å². The summed E-state index contributed by atoms with van der Waals surface area (Å²) in [6.07, 6.45) is -4.78. The van der Waals surface area contributed by atoms with E-state index in [9.17, 15) is 56.3 Å². The highest BCUT2D eigenvalue weighted by atomic mass is 19.4. The number of alkyl halides is 3. The number of hydrogen-bond donors (Lipinski definition) is 17. The zero-order valence-electron chi connectivity index (χ0n) is 43.0. The highest BCUT2D eigenvalue weighted by Crippen LogP contribution is 2.29. The van der Waals surface area contributed by atoms with Crippen molar-refractivity contribution >= 4 is 76.0 Å². The van der Waals surface area contributed by atoms with Crippen molar-refractivity contribution in [3.8, 4) is 0 Å². The minimum absolute atomic E-state index is 0.00354. The zero-order chi connectivity index (χ0) is 57.5. The number of para-hydroxylation sites is 1. The topological polar surface area (TPSA) is 441 Å². The van der Waals surface area contributed by atoms with Crippen molar-refractivity contribution in [3.05, 3.63) is 71.4 Å². The van der Waals surface area contributed by atoms with Crippen LogP contribution in [0.4, 0.5) is 13.2 Å². The van der Waals surface area contributed by atoms with Crippen LogP contribution in [0.25, 0.3) is 10.9 Å². The van der Waals surface area contributed by atoms with E-state index in [1.807, 2.05) is 0 Å². The summed E-state index contributed by atoms with van der Waals surface area (Å²) in [5.74, 6) is -8.68. The van der Waals surface area contributed by atoms with Gasteiger partial charge in [-0.2, -0.15) is 13.2 Å². The van der Waals surface area contributed by atoms with Crippen molar-refractivity contribution in [2.24, 2.45) is 22.9 Å². The molecule has 9 amide bonds. The zero-order valence-corrected chi connectivity index (χ0v) is 43.0. The Morgan fingerprint density at radius 2 is 1.31 bits per heavy atom. The second-order valence-electron chi connectivity index (χ2n) is 18.6. The molecule has 0 aliphatic carbocycles. The van der Waals surface area contributed by atoms with Gasteiger partial charge in [-0.25, -0.2) is 0 Å². The quantitative estimate of drug-likeness (QED) is 0.0354. The second kappa shape index (κ2) is 30.3. The number of fused-ring (bicyclic) bond motifs is 1. The van der Waals surface area contributed by atoms with Gasteiger partial charge in [-0.15, -0.1) is 0 Å². The van der Waals surface area contributed by atoms with E-state index in [2.05, 4.69) is 58.2 Å². The molecule has 1 fully saturated rings. The molecule has 3 aromatic rings. The Morgan fingerprint density at radius 3 is 1.92 bits per heavy atom. The van der Waals surface area contributed by atoms with Gasteiger partial charge in [0.05, 0.1) is 5.56 Å². The maximum atomic E-state index is 14.6. The SMILES string of the molecule is CC(=O)N[C@@H](CCCNC(=N)N)C(=O)N[C@H]1CCC(=O)NCCC[C@@H](C(N)=O)NC(=O)[C@H](Cc2c[nH]c3ccccc23)NC(=O)[C@H](CCCNC(=N)N)NC(=O)[C@@H](Cc2ccc(C(F)(F)F)cc2)NC(=O)[C@H](CCN)NC1=O. The van der Waals surface area contributed by atoms with Crippen molar-refractivity contribution in [2.45, 2.75) is 126 Å². The van der Waals surface area contributed by atoms with Gasteiger partial charge in [0.2, 0.25) is 53.2 Å². The molecule has 7 atom stereocenters. The lowest BCUT2D eigenvalue weighted by atomic mass is 10.0. The van der Waals surface area contributed by atoms with Crippen LogP contribution in [0.2, 0.25) is 0 Å². The molecule has 78 heavy (non-hydrogen) atoms. The van der Waals surface area contributed by atoms with Crippen LogP contribution in [0.1, 0.15) is 81.4 Å². The first-order chi connectivity index (χ1) is 36.9. The number of amides is 9. The van der Waals surface area contributed by atoms with Crippen LogP contribution in [-0.4, -0.2) is 139 Å². The molecule has 29 heteroatoms. The molecule has 426 valence electrons. The molecule has 2 aromatic carbocycles. The van der Waals surface area contributed by atoms with E-state index in [1.54, 1.807) is 30.5 Å². The third-order valence-electron chi connectivity index (χ3n) is 12.4. The van der Waals surface area contributed by atoms with Crippen molar-refractivity contribution < 1.29 is 56.3 Å². The number of rotatable bonds is 18. The van der Waals surface area contributed by atoms with E-state index in [4.69, 9.17) is 33.8 Å². The lowest BCUT2D eigenvalue weighted by Gasteiger charge is -2.28. The summed E-state index contributed by atoms with van der Waals surface area (Å²) in [5.41, 5.74) is 22.8. The fraction of sp³-hybridized carbons (Fsp3) is 0.490. The molecule has 1 aliphatic rings. The first-order valence-electron chi connectivity index (χ1n) is 25.2. The molecule has 0 bridgehead atoms. The van der Waals surface area contributed by atoms with Crippen LogP contribution in [0, 0.1) is 10.8 Å². The summed E-state index contributed by atoms with van der Waals surface area (Å²) in [7, 11) is 0. The van der Waals surface area contributed by atoms with Crippen molar-refractivity contribution in [3.63, 3.8) is 0 Å². The normalized spacial score (nSPS) is 21.0. The van der Waals surface area contributed by atoms with Gasteiger partial charge >= 0.3 is 6.18 Å². The van der Waals surface area contributed by atoms with Crippen LogP contribution in [-0.2, 0) is 62.2 Å². The number of H-pyrrole nitrogens is 1. The average Bonchev–Trinajstić information content (AvgIpc) is 3.79. The van der Waals surface area contributed by atoms with Crippen LogP contribution in [0.3, 0.4) is 0 Å². The Morgan fingerprint density at radius 1 is 0.731 bits per heavy atom. The van der Waals surface area contributed by atoms with Gasteiger partial charge in [0.15, 0.2) is 11.9 Å². The minimum Gasteiger partial charge on any atom is -0.370 e. The van der Waals surface area contributed by atoms with Gasteiger partial charge < -0.3 is 81.1 Å². The van der Waals surface area contributed by atoms with Gasteiger partial charge in [0.25, 0.3) is 0 Å². The number of benzene rings is 2. The molecular weight excluding hydrogens is 1030 g/mol. The molecule has 2 heterocycles. The summed E-state index contributed by atoms with van der Waals surface area (Å²) in [6, 6.07) is 0.415. The predicted molar refractivity (Wildman–Crippen MR) is 279 cm³/mol. The Balaban J connectivity index is 1.79. The fourth-order valence-corrected chi connectivity index (χ4v) is 8.37. The van der Waals surface area contributed by atoms with Gasteiger partial charge in [0, 0.05) is 62.9 Å². The largest absolute Gasteiger partial charge is 0.416 e. The van der Waals surface area contributed by atoms with Crippen LogP contribution >= 0.6 is 0 Å². The highest BCUT2D eigenvalue weighted by molar-refractivity contribution is 5.98. The predicted octanol–water partition coefficient (Wildman–Crippen LogP) is -2.56. The van der Waals surface area contributed by atoms with Gasteiger partial charge in [0.1, 0.15) is 42.3 Å². The van der Waals surface area contributed by atoms with E-state index in [-0.39, 0.29) is 95.5 Å². The summed E-state index contributed by atoms with van der Waals surface area (Å²) < 4.78 is 40.9.